The van der Waals surface area contributed by atoms with Crippen molar-refractivity contribution < 1.29 is 19.0 Å². The zero-order valence-electron chi connectivity index (χ0n) is 17.7. The van der Waals surface area contributed by atoms with Crippen LogP contribution in [0, 0.1) is 0 Å². The summed E-state index contributed by atoms with van der Waals surface area (Å²) in [7, 11) is 1.59. The maximum absolute atomic E-state index is 13.2. The van der Waals surface area contributed by atoms with Gasteiger partial charge in [-0.2, -0.15) is 10.1 Å². The van der Waals surface area contributed by atoms with Crippen molar-refractivity contribution in [3.63, 3.8) is 0 Å². The molecule has 0 spiro atoms. The molecule has 2 aromatic carbocycles. The number of fused-ring (bicyclic) bond motifs is 1. The molecule has 8 nitrogen and oxygen atoms in total. The number of nitrogens with zero attached hydrogens (tertiary/aromatic N) is 3. The Balaban J connectivity index is 1.93. The number of anilines is 1. The number of carbonyl (C=O) groups excluding carboxylic acids is 1. The minimum absolute atomic E-state index is 0.258. The number of hydrogen-bond acceptors (Lipinski definition) is 7. The molecule has 0 amide bonds. The van der Waals surface area contributed by atoms with Crippen molar-refractivity contribution in [1.29, 1.82) is 0 Å². The Labute approximate surface area is 180 Å². The third-order valence-corrected chi connectivity index (χ3v) is 4.96. The molecule has 3 aromatic rings. The summed E-state index contributed by atoms with van der Waals surface area (Å²) in [5.74, 6) is 1.31. The van der Waals surface area contributed by atoms with E-state index in [1.54, 1.807) is 18.7 Å². The van der Waals surface area contributed by atoms with Crippen LogP contribution in [0.4, 0.5) is 5.95 Å². The topological polar surface area (TPSA) is 87.5 Å². The van der Waals surface area contributed by atoms with Crippen LogP contribution in [0.3, 0.4) is 0 Å². The van der Waals surface area contributed by atoms with Gasteiger partial charge in [0.2, 0.25) is 5.95 Å². The number of rotatable bonds is 7. The van der Waals surface area contributed by atoms with Crippen molar-refractivity contribution in [3.8, 4) is 11.5 Å². The lowest BCUT2D eigenvalue weighted by Gasteiger charge is -2.30. The molecule has 1 atom stereocenters. The number of methoxy groups -OCH3 is 1. The highest BCUT2D eigenvalue weighted by Gasteiger charge is 2.36. The van der Waals surface area contributed by atoms with E-state index in [9.17, 15) is 4.79 Å². The lowest BCUT2D eigenvalue weighted by molar-refractivity contribution is -0.138. The molecule has 1 aliphatic rings. The normalized spacial score (nSPS) is 15.1. The van der Waals surface area contributed by atoms with E-state index in [1.165, 1.54) is 6.33 Å². The van der Waals surface area contributed by atoms with Crippen molar-refractivity contribution in [2.75, 3.05) is 25.6 Å². The summed E-state index contributed by atoms with van der Waals surface area (Å²) in [5, 5.41) is 7.63. The number of ether oxygens (including phenoxy) is 3. The Hall–Kier alpha value is -3.81. The molecule has 0 saturated heterocycles. The third kappa shape index (κ3) is 3.84. The van der Waals surface area contributed by atoms with Crippen LogP contribution in [0.25, 0.3) is 5.70 Å². The van der Waals surface area contributed by atoms with E-state index in [0.717, 1.165) is 11.1 Å². The zero-order chi connectivity index (χ0) is 21.8. The largest absolute Gasteiger partial charge is 0.493 e. The van der Waals surface area contributed by atoms with Gasteiger partial charge in [0.05, 0.1) is 31.6 Å². The highest BCUT2D eigenvalue weighted by Crippen LogP contribution is 2.41. The lowest BCUT2D eigenvalue weighted by Crippen LogP contribution is -2.30. The number of nitrogens with one attached hydrogen (secondary N) is 1. The molecule has 4 rings (SSSR count). The van der Waals surface area contributed by atoms with Crippen LogP contribution in [0.1, 0.15) is 31.0 Å². The van der Waals surface area contributed by atoms with Crippen LogP contribution in [-0.4, -0.2) is 41.1 Å². The van der Waals surface area contributed by atoms with E-state index in [2.05, 4.69) is 15.4 Å². The van der Waals surface area contributed by atoms with Crippen LogP contribution >= 0.6 is 0 Å². The molecular formula is C23H24N4O4. The van der Waals surface area contributed by atoms with E-state index < -0.39 is 12.0 Å². The Morgan fingerprint density at radius 2 is 1.90 bits per heavy atom. The summed E-state index contributed by atoms with van der Waals surface area (Å²) in [6.07, 6.45) is 1.46. The van der Waals surface area contributed by atoms with Gasteiger partial charge in [-0.15, -0.1) is 0 Å². The van der Waals surface area contributed by atoms with Crippen molar-refractivity contribution in [3.05, 3.63) is 71.6 Å². The fourth-order valence-corrected chi connectivity index (χ4v) is 3.66. The number of benzene rings is 2. The van der Waals surface area contributed by atoms with Crippen LogP contribution in [-0.2, 0) is 9.53 Å². The van der Waals surface area contributed by atoms with E-state index in [0.29, 0.717) is 35.3 Å². The molecule has 0 saturated carbocycles. The second kappa shape index (κ2) is 8.91. The van der Waals surface area contributed by atoms with Gasteiger partial charge >= 0.3 is 5.97 Å². The minimum atomic E-state index is -0.558. The summed E-state index contributed by atoms with van der Waals surface area (Å²) in [5.41, 5.74) is 2.72. The summed E-state index contributed by atoms with van der Waals surface area (Å²) < 4.78 is 18.3. The fraction of sp³-hybridized carbons (Fsp3) is 0.261. The Kier molecular flexibility index (Phi) is 5.88. The van der Waals surface area contributed by atoms with E-state index in [1.807, 2.05) is 55.5 Å². The Bertz CT molecular complexity index is 1110. The maximum Gasteiger partial charge on any atom is 0.338 e. The van der Waals surface area contributed by atoms with Gasteiger partial charge in [0.15, 0.2) is 11.5 Å². The molecule has 0 fully saturated rings. The van der Waals surface area contributed by atoms with Gasteiger partial charge in [0.1, 0.15) is 12.4 Å². The van der Waals surface area contributed by atoms with Gasteiger partial charge in [-0.1, -0.05) is 36.4 Å². The van der Waals surface area contributed by atoms with Crippen molar-refractivity contribution in [2.24, 2.45) is 0 Å². The van der Waals surface area contributed by atoms with Crippen LogP contribution in [0.15, 0.2) is 60.4 Å². The first-order valence-corrected chi connectivity index (χ1v) is 10.1. The van der Waals surface area contributed by atoms with Crippen molar-refractivity contribution in [2.45, 2.75) is 19.9 Å². The van der Waals surface area contributed by atoms with E-state index in [4.69, 9.17) is 14.2 Å². The number of esters is 1. The SMILES string of the molecule is CCOC(=O)C1=C(c2ccccc2)Nc2ncnn2[C@H]1c1ccc(OCC)c(OC)c1. The van der Waals surface area contributed by atoms with Crippen LogP contribution < -0.4 is 14.8 Å². The molecule has 0 bridgehead atoms. The number of aromatic nitrogens is 3. The van der Waals surface area contributed by atoms with Gasteiger partial charge in [0, 0.05) is 0 Å². The average molecular weight is 420 g/mol. The third-order valence-electron chi connectivity index (χ3n) is 4.96. The zero-order valence-corrected chi connectivity index (χ0v) is 17.7. The quantitative estimate of drug-likeness (QED) is 0.584. The monoisotopic (exact) mass is 420 g/mol. The molecule has 0 aliphatic carbocycles. The van der Waals surface area contributed by atoms with E-state index >= 15 is 0 Å². The van der Waals surface area contributed by atoms with E-state index in [-0.39, 0.29) is 6.61 Å². The molecule has 8 heteroatoms. The molecule has 0 unspecified atom stereocenters. The van der Waals surface area contributed by atoms with Gasteiger partial charge in [-0.25, -0.2) is 9.48 Å². The fourth-order valence-electron chi connectivity index (χ4n) is 3.66. The summed E-state index contributed by atoms with van der Waals surface area (Å²) in [4.78, 5) is 17.5. The van der Waals surface area contributed by atoms with Crippen molar-refractivity contribution >= 4 is 17.6 Å². The summed E-state index contributed by atoms with van der Waals surface area (Å²) >= 11 is 0. The number of carbonyl (C=O) groups is 1. The summed E-state index contributed by atoms with van der Waals surface area (Å²) in [6, 6.07) is 14.7. The predicted octanol–water partition coefficient (Wildman–Crippen LogP) is 3.67. The van der Waals surface area contributed by atoms with Crippen LogP contribution in [0.2, 0.25) is 0 Å². The maximum atomic E-state index is 13.2. The molecule has 2 heterocycles. The molecule has 1 N–H and O–H groups in total. The first kappa shape index (κ1) is 20.5. The molecule has 1 aromatic heterocycles. The lowest BCUT2D eigenvalue weighted by atomic mass is 9.92. The molecule has 1 aliphatic heterocycles. The molecular weight excluding hydrogens is 396 g/mol. The predicted molar refractivity (Wildman–Crippen MR) is 116 cm³/mol. The van der Waals surface area contributed by atoms with Gasteiger partial charge in [-0.05, 0) is 37.1 Å². The Morgan fingerprint density at radius 1 is 1.10 bits per heavy atom. The molecule has 0 radical (unpaired) electrons. The molecule has 31 heavy (non-hydrogen) atoms. The Morgan fingerprint density at radius 3 is 2.61 bits per heavy atom. The highest BCUT2D eigenvalue weighted by molar-refractivity contribution is 6.02. The second-order valence-electron chi connectivity index (χ2n) is 6.77. The first-order valence-electron chi connectivity index (χ1n) is 10.1. The number of hydrogen-bond donors (Lipinski definition) is 1. The second-order valence-corrected chi connectivity index (χ2v) is 6.77. The summed E-state index contributed by atoms with van der Waals surface area (Å²) in [6.45, 7) is 4.47. The van der Waals surface area contributed by atoms with Crippen molar-refractivity contribution in [1.82, 2.24) is 14.8 Å². The molecule has 160 valence electrons. The van der Waals surface area contributed by atoms with Crippen LogP contribution in [0.5, 0.6) is 11.5 Å². The van der Waals surface area contributed by atoms with Gasteiger partial charge < -0.3 is 19.5 Å². The average Bonchev–Trinajstić information content (AvgIpc) is 3.27. The smallest absolute Gasteiger partial charge is 0.338 e. The first-order chi connectivity index (χ1) is 15.2. The van der Waals surface area contributed by atoms with Gasteiger partial charge in [0.25, 0.3) is 0 Å². The van der Waals surface area contributed by atoms with Gasteiger partial charge in [-0.3, -0.25) is 0 Å². The highest BCUT2D eigenvalue weighted by atomic mass is 16.5. The minimum Gasteiger partial charge on any atom is -0.493 e. The standard InChI is InChI=1S/C23H24N4O4/c1-4-30-17-12-11-16(13-18(17)29-3)21-19(22(28)31-5-2)20(15-9-7-6-8-10-15)26-23-24-14-25-27(21)23/h6-14,21H,4-5H2,1-3H3,(H,24,25,26)/t21-/m0/s1.